The minimum absolute atomic E-state index is 0.000522. The van der Waals surface area contributed by atoms with Crippen molar-refractivity contribution in [1.82, 2.24) is 0 Å². The summed E-state index contributed by atoms with van der Waals surface area (Å²) in [6.07, 6.45) is 5.51. The van der Waals surface area contributed by atoms with Gasteiger partial charge in [0.2, 0.25) is 0 Å². The van der Waals surface area contributed by atoms with Gasteiger partial charge in [-0.15, -0.1) is 0 Å². The van der Waals surface area contributed by atoms with E-state index in [1.54, 1.807) is 37.4 Å². The first-order valence-corrected chi connectivity index (χ1v) is 14.2. The van der Waals surface area contributed by atoms with Gasteiger partial charge >= 0.3 is 5.97 Å². The van der Waals surface area contributed by atoms with Gasteiger partial charge in [-0.3, -0.25) is 4.79 Å². The van der Waals surface area contributed by atoms with Gasteiger partial charge in [-0.25, -0.2) is 8.78 Å². The Bertz CT molecular complexity index is 1330. The molecular formula is C34H40F2O4. The quantitative estimate of drug-likeness (QED) is 0.218. The highest BCUT2D eigenvalue weighted by Gasteiger charge is 2.30. The summed E-state index contributed by atoms with van der Waals surface area (Å²) in [7, 11) is 1.56. The lowest BCUT2D eigenvalue weighted by Crippen LogP contribution is -2.15. The molecule has 0 heterocycles. The lowest BCUT2D eigenvalue weighted by atomic mass is 9.79. The summed E-state index contributed by atoms with van der Waals surface area (Å²) >= 11 is 0. The molecule has 0 radical (unpaired) electrons. The summed E-state index contributed by atoms with van der Waals surface area (Å²) in [5, 5.41) is 9.40. The average Bonchev–Trinajstić information content (AvgIpc) is 3.72. The number of hydrogen-bond donors (Lipinski definition) is 1. The summed E-state index contributed by atoms with van der Waals surface area (Å²) < 4.78 is 41.8. The Morgan fingerprint density at radius 3 is 2.52 bits per heavy atom. The molecule has 3 aromatic carbocycles. The number of carboxylic acids is 1. The molecule has 1 atom stereocenters. The number of benzene rings is 3. The van der Waals surface area contributed by atoms with Crippen molar-refractivity contribution in [2.75, 3.05) is 7.11 Å². The summed E-state index contributed by atoms with van der Waals surface area (Å²) in [6.45, 7) is 6.71. The van der Waals surface area contributed by atoms with Gasteiger partial charge in [0.25, 0.3) is 0 Å². The zero-order valence-corrected chi connectivity index (χ0v) is 23.9. The molecule has 1 fully saturated rings. The van der Waals surface area contributed by atoms with E-state index in [1.165, 1.54) is 6.07 Å². The van der Waals surface area contributed by atoms with E-state index in [0.717, 1.165) is 48.8 Å². The van der Waals surface area contributed by atoms with E-state index >= 15 is 4.39 Å². The molecule has 214 valence electrons. The van der Waals surface area contributed by atoms with Gasteiger partial charge in [0.05, 0.1) is 13.5 Å². The van der Waals surface area contributed by atoms with Crippen molar-refractivity contribution in [2.45, 2.75) is 78.2 Å². The second-order valence-corrected chi connectivity index (χ2v) is 11.9. The fraction of sp³-hybridized carbons (Fsp3) is 0.441. The summed E-state index contributed by atoms with van der Waals surface area (Å²) in [4.78, 5) is 11.5. The number of rotatable bonds is 14. The smallest absolute Gasteiger partial charge is 0.303 e. The van der Waals surface area contributed by atoms with Crippen molar-refractivity contribution in [3.05, 3.63) is 82.9 Å². The lowest BCUT2D eigenvalue weighted by Gasteiger charge is -2.26. The van der Waals surface area contributed by atoms with Crippen molar-refractivity contribution >= 4 is 5.97 Å². The number of hydrogen-bond acceptors (Lipinski definition) is 3. The predicted molar refractivity (Wildman–Crippen MR) is 154 cm³/mol. The van der Waals surface area contributed by atoms with Crippen LogP contribution in [0.3, 0.4) is 0 Å². The van der Waals surface area contributed by atoms with Crippen LogP contribution in [-0.2, 0) is 17.8 Å². The first kappa shape index (κ1) is 29.6. The number of methoxy groups -OCH3 is 1. The molecule has 1 saturated carbocycles. The van der Waals surface area contributed by atoms with Crippen molar-refractivity contribution in [3.63, 3.8) is 0 Å². The third-order valence-electron chi connectivity index (χ3n) is 7.79. The van der Waals surface area contributed by atoms with Crippen molar-refractivity contribution in [1.29, 1.82) is 0 Å². The van der Waals surface area contributed by atoms with Gasteiger partial charge in [-0.2, -0.15) is 0 Å². The van der Waals surface area contributed by atoms with Gasteiger partial charge in [-0.1, -0.05) is 70.4 Å². The van der Waals surface area contributed by atoms with Crippen LogP contribution in [-0.4, -0.2) is 18.2 Å². The Morgan fingerprint density at radius 1 is 1.07 bits per heavy atom. The van der Waals surface area contributed by atoms with Crippen LogP contribution in [0.4, 0.5) is 8.78 Å². The first-order valence-electron chi connectivity index (χ1n) is 14.2. The Labute approximate surface area is 236 Å². The molecule has 4 nitrogen and oxygen atoms in total. The Hall–Kier alpha value is -3.41. The standard InChI is InChI=1S/C34H40F2O4/c1-5-15-34(2,3)20-25-17-23(11-13-27(25)29-19-26(39-4)12-14-30(29)35)21-40-31-8-6-7-28(33(31)36)24(18-32(37)38)16-22-9-10-22/h6-8,11-14,17,19,22,24H,5,9-10,15-16,18,20-21H2,1-4H3,(H,37,38). The van der Waals surface area contributed by atoms with Crippen LogP contribution in [0, 0.1) is 23.0 Å². The summed E-state index contributed by atoms with van der Waals surface area (Å²) in [5.41, 5.74) is 3.52. The van der Waals surface area contributed by atoms with E-state index < -0.39 is 11.8 Å². The highest BCUT2D eigenvalue weighted by atomic mass is 19.1. The van der Waals surface area contributed by atoms with E-state index in [2.05, 4.69) is 20.8 Å². The molecule has 1 unspecified atom stereocenters. The fourth-order valence-electron chi connectivity index (χ4n) is 5.67. The van der Waals surface area contributed by atoms with Crippen LogP contribution < -0.4 is 9.47 Å². The van der Waals surface area contributed by atoms with Crippen LogP contribution in [0.2, 0.25) is 0 Å². The second-order valence-electron chi connectivity index (χ2n) is 11.9. The molecule has 0 bridgehead atoms. The number of halogens is 2. The molecule has 40 heavy (non-hydrogen) atoms. The maximum Gasteiger partial charge on any atom is 0.303 e. The zero-order chi connectivity index (χ0) is 28.9. The predicted octanol–water partition coefficient (Wildman–Crippen LogP) is 8.95. The molecule has 6 heteroatoms. The number of carboxylic acid groups (broad SMARTS) is 1. The van der Waals surface area contributed by atoms with E-state index in [9.17, 15) is 14.3 Å². The minimum Gasteiger partial charge on any atom is -0.497 e. The fourth-order valence-corrected chi connectivity index (χ4v) is 5.67. The van der Waals surface area contributed by atoms with Gasteiger partial charge in [0.15, 0.2) is 11.6 Å². The normalized spacial score (nSPS) is 14.2. The van der Waals surface area contributed by atoms with Gasteiger partial charge < -0.3 is 14.6 Å². The molecule has 3 aromatic rings. The Kier molecular flexibility index (Phi) is 9.49. The molecule has 0 aromatic heterocycles. The van der Waals surface area contributed by atoms with Gasteiger partial charge in [0.1, 0.15) is 18.2 Å². The molecule has 1 aliphatic carbocycles. The Balaban J connectivity index is 1.62. The molecule has 0 spiro atoms. The van der Waals surface area contributed by atoms with Crippen LogP contribution in [0.1, 0.15) is 81.9 Å². The van der Waals surface area contributed by atoms with Crippen LogP contribution in [0.15, 0.2) is 54.6 Å². The number of ether oxygens (including phenoxy) is 2. The summed E-state index contributed by atoms with van der Waals surface area (Å²) in [5.74, 6) is -0.952. The average molecular weight is 551 g/mol. The van der Waals surface area contributed by atoms with E-state index in [4.69, 9.17) is 9.47 Å². The monoisotopic (exact) mass is 550 g/mol. The van der Waals surface area contributed by atoms with E-state index in [1.807, 2.05) is 18.2 Å². The molecule has 1 aliphatic rings. The van der Waals surface area contributed by atoms with Crippen molar-refractivity contribution < 1.29 is 28.2 Å². The molecule has 0 aliphatic heterocycles. The van der Waals surface area contributed by atoms with Crippen molar-refractivity contribution in [3.8, 4) is 22.6 Å². The molecule has 1 N–H and O–H groups in total. The third kappa shape index (κ3) is 7.61. The van der Waals surface area contributed by atoms with Crippen LogP contribution in [0.5, 0.6) is 11.5 Å². The van der Waals surface area contributed by atoms with Gasteiger partial charge in [-0.05, 0) is 83.0 Å². The topological polar surface area (TPSA) is 55.8 Å². The highest BCUT2D eigenvalue weighted by molar-refractivity contribution is 5.70. The number of carbonyl (C=O) groups is 1. The lowest BCUT2D eigenvalue weighted by molar-refractivity contribution is -0.137. The molecular weight excluding hydrogens is 510 g/mol. The van der Waals surface area contributed by atoms with E-state index in [0.29, 0.717) is 29.2 Å². The molecule has 4 rings (SSSR count). The zero-order valence-electron chi connectivity index (χ0n) is 23.9. The Morgan fingerprint density at radius 2 is 1.85 bits per heavy atom. The molecule has 0 saturated heterocycles. The highest BCUT2D eigenvalue weighted by Crippen LogP contribution is 2.42. The third-order valence-corrected chi connectivity index (χ3v) is 7.79. The second kappa shape index (κ2) is 12.8. The minimum atomic E-state index is -0.928. The van der Waals surface area contributed by atoms with Gasteiger partial charge in [0, 0.05) is 5.56 Å². The van der Waals surface area contributed by atoms with Crippen LogP contribution >= 0.6 is 0 Å². The maximum atomic E-state index is 15.6. The van der Waals surface area contributed by atoms with E-state index in [-0.39, 0.29) is 35.9 Å². The largest absolute Gasteiger partial charge is 0.497 e. The number of aliphatic carboxylic acids is 1. The van der Waals surface area contributed by atoms with Crippen LogP contribution in [0.25, 0.3) is 11.1 Å². The SMILES string of the molecule is CCCC(C)(C)Cc1cc(COc2cccc(C(CC(=O)O)CC3CC3)c2F)ccc1-c1cc(OC)ccc1F. The maximum absolute atomic E-state index is 15.6. The summed E-state index contributed by atoms with van der Waals surface area (Å²) in [6, 6.07) is 15.5. The molecule has 0 amide bonds. The van der Waals surface area contributed by atoms with Crippen molar-refractivity contribution in [2.24, 2.45) is 11.3 Å². The first-order chi connectivity index (χ1) is 19.1.